The molecule has 0 aromatic heterocycles. The number of nitriles is 1. The third kappa shape index (κ3) is 4.87. The molecule has 7 nitrogen and oxygen atoms in total. The van der Waals surface area contributed by atoms with E-state index < -0.39 is 40.2 Å². The average Bonchev–Trinajstić information content (AvgIpc) is 3.17. The Labute approximate surface area is 176 Å². The van der Waals surface area contributed by atoms with Crippen LogP contribution in [0.25, 0.3) is 0 Å². The summed E-state index contributed by atoms with van der Waals surface area (Å²) >= 11 is 0. The first kappa shape index (κ1) is 22.0. The van der Waals surface area contributed by atoms with Crippen LogP contribution in [0.2, 0.25) is 0 Å². The van der Waals surface area contributed by atoms with E-state index in [-0.39, 0.29) is 11.5 Å². The molecule has 158 valence electrons. The smallest absolute Gasteiger partial charge is 0.324 e. The van der Waals surface area contributed by atoms with Crippen LogP contribution in [0.15, 0.2) is 59.5 Å². The Kier molecular flexibility index (Phi) is 6.87. The van der Waals surface area contributed by atoms with Crippen LogP contribution >= 0.6 is 0 Å². The van der Waals surface area contributed by atoms with Gasteiger partial charge in [0.1, 0.15) is 12.1 Å². The summed E-state index contributed by atoms with van der Waals surface area (Å²) in [5.74, 6) is -1.42. The molecule has 2 aromatic rings. The number of hydrogen-bond donors (Lipinski definition) is 1. The Morgan fingerprint density at radius 1 is 1.23 bits per heavy atom. The Bertz CT molecular complexity index is 1020. The summed E-state index contributed by atoms with van der Waals surface area (Å²) in [6, 6.07) is 16.4. The van der Waals surface area contributed by atoms with Gasteiger partial charge in [0.2, 0.25) is 10.0 Å². The Morgan fingerprint density at radius 2 is 1.90 bits per heavy atom. The first-order valence-electron chi connectivity index (χ1n) is 9.71. The van der Waals surface area contributed by atoms with Gasteiger partial charge < -0.3 is 9.47 Å². The van der Waals surface area contributed by atoms with Crippen molar-refractivity contribution in [2.24, 2.45) is 5.92 Å². The molecule has 1 heterocycles. The number of sulfonamides is 1. The van der Waals surface area contributed by atoms with Gasteiger partial charge in [0.15, 0.2) is 0 Å². The maximum Gasteiger partial charge on any atom is 0.324 e. The van der Waals surface area contributed by atoms with Crippen LogP contribution in [-0.2, 0) is 24.3 Å². The number of carbonyl (C=O) groups excluding carboxylic acids is 1. The maximum atomic E-state index is 12.9. The fourth-order valence-electron chi connectivity index (χ4n) is 3.52. The van der Waals surface area contributed by atoms with E-state index >= 15 is 0 Å². The van der Waals surface area contributed by atoms with Gasteiger partial charge in [-0.2, -0.15) is 9.98 Å². The fourth-order valence-corrected chi connectivity index (χ4v) is 4.75. The molecule has 1 fully saturated rings. The lowest BCUT2D eigenvalue weighted by atomic mass is 9.90. The van der Waals surface area contributed by atoms with Crippen molar-refractivity contribution in [3.8, 4) is 6.07 Å². The lowest BCUT2D eigenvalue weighted by Gasteiger charge is -2.23. The predicted molar refractivity (Wildman–Crippen MR) is 110 cm³/mol. The number of aryl methyl sites for hydroxylation is 1. The van der Waals surface area contributed by atoms with Gasteiger partial charge in [0, 0.05) is 5.92 Å². The van der Waals surface area contributed by atoms with Crippen molar-refractivity contribution < 1.29 is 22.7 Å². The van der Waals surface area contributed by atoms with Gasteiger partial charge in [0.25, 0.3) is 0 Å². The van der Waals surface area contributed by atoms with Crippen LogP contribution in [0.3, 0.4) is 0 Å². The molecule has 0 unspecified atom stereocenters. The highest BCUT2D eigenvalue weighted by Crippen LogP contribution is 2.39. The number of nitrogens with zero attached hydrogens (tertiary/aromatic N) is 1. The summed E-state index contributed by atoms with van der Waals surface area (Å²) in [4.78, 5) is 12.7. The van der Waals surface area contributed by atoms with E-state index in [0.29, 0.717) is 6.42 Å². The lowest BCUT2D eigenvalue weighted by molar-refractivity contribution is -0.146. The monoisotopic (exact) mass is 428 g/mol. The summed E-state index contributed by atoms with van der Waals surface area (Å²) < 4.78 is 39.3. The van der Waals surface area contributed by atoms with Crippen molar-refractivity contribution >= 4 is 16.0 Å². The van der Waals surface area contributed by atoms with E-state index in [1.54, 1.807) is 19.1 Å². The number of rotatable bonds is 7. The third-order valence-electron chi connectivity index (χ3n) is 5.07. The summed E-state index contributed by atoms with van der Waals surface area (Å²) in [5.41, 5.74) is 1.78. The first-order valence-corrected chi connectivity index (χ1v) is 11.2. The zero-order valence-electron chi connectivity index (χ0n) is 16.8. The molecular weight excluding hydrogens is 404 g/mol. The highest BCUT2D eigenvalue weighted by atomic mass is 32.2. The number of carbonyl (C=O) groups is 1. The zero-order chi connectivity index (χ0) is 21.7. The predicted octanol–water partition coefficient (Wildman–Crippen LogP) is 2.88. The molecule has 0 spiro atoms. The van der Waals surface area contributed by atoms with Crippen LogP contribution in [0.5, 0.6) is 0 Å². The van der Waals surface area contributed by atoms with E-state index in [0.717, 1.165) is 11.1 Å². The van der Waals surface area contributed by atoms with E-state index in [4.69, 9.17) is 9.47 Å². The van der Waals surface area contributed by atoms with E-state index in [1.165, 1.54) is 12.1 Å². The van der Waals surface area contributed by atoms with Gasteiger partial charge in [-0.25, -0.2) is 8.42 Å². The van der Waals surface area contributed by atoms with E-state index in [2.05, 4.69) is 10.8 Å². The molecule has 0 radical (unpaired) electrons. The van der Waals surface area contributed by atoms with Gasteiger partial charge >= 0.3 is 5.97 Å². The van der Waals surface area contributed by atoms with Gasteiger partial charge in [-0.05, 0) is 38.0 Å². The topological polar surface area (TPSA) is 105 Å². The summed E-state index contributed by atoms with van der Waals surface area (Å²) in [6.07, 6.45) is -1.06. The van der Waals surface area contributed by atoms with Gasteiger partial charge in [-0.15, -0.1) is 0 Å². The van der Waals surface area contributed by atoms with Crippen LogP contribution < -0.4 is 4.72 Å². The first-order chi connectivity index (χ1) is 14.4. The second-order valence-electron chi connectivity index (χ2n) is 7.15. The third-order valence-corrected chi connectivity index (χ3v) is 6.52. The van der Waals surface area contributed by atoms with Crippen molar-refractivity contribution in [1.29, 1.82) is 5.26 Å². The van der Waals surface area contributed by atoms with Crippen molar-refractivity contribution in [2.75, 3.05) is 6.61 Å². The Balaban J connectivity index is 1.90. The van der Waals surface area contributed by atoms with Crippen molar-refractivity contribution in [3.05, 3.63) is 65.7 Å². The number of ether oxygens (including phenoxy) is 2. The van der Waals surface area contributed by atoms with Crippen LogP contribution in [0, 0.1) is 24.2 Å². The van der Waals surface area contributed by atoms with Gasteiger partial charge in [-0.1, -0.05) is 48.0 Å². The number of hydrogen-bond acceptors (Lipinski definition) is 6. The lowest BCUT2D eigenvalue weighted by Crippen LogP contribution is -2.48. The second kappa shape index (κ2) is 9.39. The molecule has 8 heteroatoms. The van der Waals surface area contributed by atoms with Crippen LogP contribution in [0.4, 0.5) is 0 Å². The van der Waals surface area contributed by atoms with Crippen LogP contribution in [-0.4, -0.2) is 33.1 Å². The minimum absolute atomic E-state index is 0.0365. The molecule has 0 amide bonds. The molecular formula is C22H24N2O5S. The SMILES string of the molecule is CCOC(=O)[C@H](NS(=O)(=O)c1ccc(C)cc1)[C@H]1C[C@H](c2ccccc2)O[C@H]1C#N. The summed E-state index contributed by atoms with van der Waals surface area (Å²) in [7, 11) is -4.01. The second-order valence-corrected chi connectivity index (χ2v) is 8.86. The largest absolute Gasteiger partial charge is 0.465 e. The molecule has 4 atom stereocenters. The van der Waals surface area contributed by atoms with Gasteiger partial charge in [0.05, 0.1) is 23.7 Å². The highest BCUT2D eigenvalue weighted by molar-refractivity contribution is 7.89. The normalized spacial score (nSPS) is 22.2. The molecule has 2 aromatic carbocycles. The van der Waals surface area contributed by atoms with Crippen molar-refractivity contribution in [1.82, 2.24) is 4.72 Å². The Hall–Kier alpha value is -2.73. The molecule has 1 aliphatic rings. The maximum absolute atomic E-state index is 12.9. The number of esters is 1. The minimum atomic E-state index is -4.01. The minimum Gasteiger partial charge on any atom is -0.465 e. The van der Waals surface area contributed by atoms with Crippen molar-refractivity contribution in [3.63, 3.8) is 0 Å². The van der Waals surface area contributed by atoms with Gasteiger partial charge in [-0.3, -0.25) is 4.79 Å². The standard InChI is InChI=1S/C22H24N2O5S/c1-3-28-22(25)21(24-30(26,27)17-11-9-15(2)10-12-17)18-13-19(29-20(18)14-23)16-7-5-4-6-8-16/h4-12,18-21,24H,3,13H2,1-2H3/t18-,19+,20-,21+/m0/s1. The van der Waals surface area contributed by atoms with E-state index in [1.807, 2.05) is 37.3 Å². The molecule has 0 bridgehead atoms. The molecule has 1 aliphatic heterocycles. The molecule has 0 aliphatic carbocycles. The van der Waals surface area contributed by atoms with E-state index in [9.17, 15) is 18.5 Å². The number of benzene rings is 2. The molecule has 0 saturated carbocycles. The quantitative estimate of drug-likeness (QED) is 0.680. The molecule has 1 N–H and O–H groups in total. The highest BCUT2D eigenvalue weighted by Gasteiger charge is 2.45. The molecule has 30 heavy (non-hydrogen) atoms. The van der Waals surface area contributed by atoms with Crippen molar-refractivity contribution in [2.45, 2.75) is 43.4 Å². The van der Waals surface area contributed by atoms with Crippen LogP contribution in [0.1, 0.15) is 30.6 Å². The summed E-state index contributed by atoms with van der Waals surface area (Å²) in [6.45, 7) is 3.58. The fraction of sp³-hybridized carbons (Fsp3) is 0.364. The molecule has 3 rings (SSSR count). The summed E-state index contributed by atoms with van der Waals surface area (Å²) in [5, 5.41) is 9.60. The zero-order valence-corrected chi connectivity index (χ0v) is 17.6. The average molecular weight is 429 g/mol. The Morgan fingerprint density at radius 3 is 2.50 bits per heavy atom. The molecule has 1 saturated heterocycles. The number of nitrogens with one attached hydrogen (secondary N) is 1.